The molecule has 0 heterocycles. The Labute approximate surface area is 124 Å². The molecule has 0 fully saturated rings. The van der Waals surface area contributed by atoms with E-state index in [1.807, 2.05) is 0 Å². The fraction of sp³-hybridized carbons (Fsp3) is 0.250. The van der Waals surface area contributed by atoms with Crippen LogP contribution in [0, 0.1) is 27.7 Å². The molecule has 0 aliphatic carbocycles. The van der Waals surface area contributed by atoms with E-state index < -0.39 is 9.84 Å². The van der Waals surface area contributed by atoms with Gasteiger partial charge in [-0.05, 0) is 62.6 Å². The van der Waals surface area contributed by atoms with Crippen molar-refractivity contribution >= 4 is 9.84 Å². The zero-order valence-corrected chi connectivity index (χ0v) is 13.2. The van der Waals surface area contributed by atoms with Gasteiger partial charge in [-0.25, -0.2) is 8.42 Å². The molecule has 2 aromatic rings. The van der Waals surface area contributed by atoms with Crippen LogP contribution < -0.4 is 0 Å². The van der Waals surface area contributed by atoms with Gasteiger partial charge in [-0.2, -0.15) is 0 Å². The maximum atomic E-state index is 12.8. The lowest BCUT2D eigenvalue weighted by atomic mass is 10.1. The van der Waals surface area contributed by atoms with Gasteiger partial charge in [0.1, 0.15) is 11.5 Å². The molecule has 0 aliphatic heterocycles. The first-order chi connectivity index (χ1) is 9.67. The molecule has 0 saturated heterocycles. The standard InChI is InChI=1S/C16H18O4S/c1-9-5-7-15(12(4)16(9)18)21(19,20)14-8-6-13(17)10(2)11(14)3/h5-8,17-18H,1-4H3. The number of hydrogen-bond acceptors (Lipinski definition) is 4. The first-order valence-corrected chi connectivity index (χ1v) is 7.99. The number of aryl methyl sites for hydroxylation is 1. The molecule has 0 bridgehead atoms. The second-order valence-electron chi connectivity index (χ2n) is 5.19. The Balaban J connectivity index is 2.75. The van der Waals surface area contributed by atoms with Crippen LogP contribution in [0.2, 0.25) is 0 Å². The number of sulfone groups is 1. The molecule has 0 unspecified atom stereocenters. The summed E-state index contributed by atoms with van der Waals surface area (Å²) < 4.78 is 25.6. The molecule has 0 aliphatic rings. The van der Waals surface area contributed by atoms with Gasteiger partial charge < -0.3 is 10.2 Å². The highest BCUT2D eigenvalue weighted by molar-refractivity contribution is 7.91. The van der Waals surface area contributed by atoms with Crippen LogP contribution in [0.25, 0.3) is 0 Å². The quantitative estimate of drug-likeness (QED) is 0.893. The molecule has 2 rings (SSSR count). The normalized spacial score (nSPS) is 11.6. The zero-order chi connectivity index (χ0) is 15.9. The average Bonchev–Trinajstić information content (AvgIpc) is 2.41. The highest BCUT2D eigenvalue weighted by Crippen LogP contribution is 2.34. The average molecular weight is 306 g/mol. The maximum Gasteiger partial charge on any atom is 0.207 e. The van der Waals surface area contributed by atoms with E-state index in [4.69, 9.17) is 0 Å². The Bertz CT molecular complexity index is 757. The fourth-order valence-electron chi connectivity index (χ4n) is 2.30. The van der Waals surface area contributed by atoms with E-state index >= 15 is 0 Å². The molecule has 2 N–H and O–H groups in total. The van der Waals surface area contributed by atoms with E-state index in [2.05, 4.69) is 0 Å². The molecule has 0 saturated carbocycles. The Morgan fingerprint density at radius 2 is 1.29 bits per heavy atom. The Hall–Kier alpha value is -2.01. The molecule has 4 nitrogen and oxygen atoms in total. The predicted molar refractivity (Wildman–Crippen MR) is 80.6 cm³/mol. The molecule has 2 aromatic carbocycles. The van der Waals surface area contributed by atoms with Crippen molar-refractivity contribution in [3.8, 4) is 11.5 Å². The molecule has 0 aromatic heterocycles. The van der Waals surface area contributed by atoms with Crippen LogP contribution in [0.1, 0.15) is 22.3 Å². The van der Waals surface area contributed by atoms with E-state index in [1.54, 1.807) is 33.8 Å². The highest BCUT2D eigenvalue weighted by atomic mass is 32.2. The van der Waals surface area contributed by atoms with Gasteiger partial charge in [-0.1, -0.05) is 6.07 Å². The first-order valence-electron chi connectivity index (χ1n) is 6.51. The molecule has 0 spiro atoms. The lowest BCUT2D eigenvalue weighted by Gasteiger charge is -2.14. The van der Waals surface area contributed by atoms with E-state index in [0.717, 1.165) is 0 Å². The summed E-state index contributed by atoms with van der Waals surface area (Å²) >= 11 is 0. The predicted octanol–water partition coefficient (Wildman–Crippen LogP) is 3.16. The van der Waals surface area contributed by atoms with Gasteiger partial charge in [0.25, 0.3) is 0 Å². The van der Waals surface area contributed by atoms with E-state index in [9.17, 15) is 18.6 Å². The summed E-state index contributed by atoms with van der Waals surface area (Å²) in [4.78, 5) is 0.225. The topological polar surface area (TPSA) is 74.6 Å². The van der Waals surface area contributed by atoms with Gasteiger partial charge in [-0.3, -0.25) is 0 Å². The number of phenolic OH excluding ortho intramolecular Hbond substituents is 2. The molecular formula is C16H18O4S. The molecular weight excluding hydrogens is 288 g/mol. The van der Waals surface area contributed by atoms with Crippen molar-refractivity contribution in [1.82, 2.24) is 0 Å². The number of phenols is 2. The smallest absolute Gasteiger partial charge is 0.207 e. The van der Waals surface area contributed by atoms with Crippen molar-refractivity contribution in [1.29, 1.82) is 0 Å². The SMILES string of the molecule is Cc1ccc(S(=O)(=O)c2ccc(O)c(C)c2C)c(C)c1O. The molecule has 21 heavy (non-hydrogen) atoms. The lowest BCUT2D eigenvalue weighted by Crippen LogP contribution is -2.07. The third-order valence-corrected chi connectivity index (χ3v) is 5.91. The van der Waals surface area contributed by atoms with Crippen LogP contribution >= 0.6 is 0 Å². The summed E-state index contributed by atoms with van der Waals surface area (Å²) in [5.41, 5.74) is 2.00. The minimum absolute atomic E-state index is 0.00997. The van der Waals surface area contributed by atoms with Crippen LogP contribution in [0.15, 0.2) is 34.1 Å². The van der Waals surface area contributed by atoms with Crippen molar-refractivity contribution < 1.29 is 18.6 Å². The van der Waals surface area contributed by atoms with Gasteiger partial charge in [0.2, 0.25) is 9.84 Å². The minimum atomic E-state index is -3.75. The lowest BCUT2D eigenvalue weighted by molar-refractivity contribution is 0.464. The zero-order valence-electron chi connectivity index (χ0n) is 12.4. The number of aromatic hydroxyl groups is 2. The third-order valence-electron chi connectivity index (χ3n) is 3.87. The monoisotopic (exact) mass is 306 g/mol. The number of rotatable bonds is 2. The second kappa shape index (κ2) is 5.07. The van der Waals surface area contributed by atoms with E-state index in [0.29, 0.717) is 22.3 Å². The summed E-state index contributed by atoms with van der Waals surface area (Å²) in [7, 11) is -3.75. The van der Waals surface area contributed by atoms with Crippen molar-refractivity contribution in [2.24, 2.45) is 0 Å². The second-order valence-corrected chi connectivity index (χ2v) is 7.08. The Morgan fingerprint density at radius 3 is 1.90 bits per heavy atom. The van der Waals surface area contributed by atoms with Crippen molar-refractivity contribution in [3.05, 3.63) is 46.5 Å². The van der Waals surface area contributed by atoms with Crippen LogP contribution in [0.3, 0.4) is 0 Å². The minimum Gasteiger partial charge on any atom is -0.508 e. The summed E-state index contributed by atoms with van der Waals surface area (Å²) in [6.45, 7) is 6.63. The van der Waals surface area contributed by atoms with Crippen LogP contribution in [0.5, 0.6) is 11.5 Å². The van der Waals surface area contributed by atoms with Crippen molar-refractivity contribution in [3.63, 3.8) is 0 Å². The van der Waals surface area contributed by atoms with Crippen LogP contribution in [-0.2, 0) is 9.84 Å². The maximum absolute atomic E-state index is 12.8. The Kier molecular flexibility index (Phi) is 3.72. The van der Waals surface area contributed by atoms with Crippen LogP contribution in [-0.4, -0.2) is 18.6 Å². The van der Waals surface area contributed by atoms with Crippen molar-refractivity contribution in [2.45, 2.75) is 37.5 Å². The van der Waals surface area contributed by atoms with Gasteiger partial charge >= 0.3 is 0 Å². The van der Waals surface area contributed by atoms with Gasteiger partial charge in [0.05, 0.1) is 9.79 Å². The first kappa shape index (κ1) is 15.4. The van der Waals surface area contributed by atoms with Crippen molar-refractivity contribution in [2.75, 3.05) is 0 Å². The molecule has 5 heteroatoms. The summed E-state index contributed by atoms with van der Waals surface area (Å²) in [6.07, 6.45) is 0. The summed E-state index contributed by atoms with van der Waals surface area (Å²) in [6, 6.07) is 5.85. The number of benzene rings is 2. The van der Waals surface area contributed by atoms with E-state index in [-0.39, 0.29) is 21.3 Å². The fourth-order valence-corrected chi connectivity index (χ4v) is 4.09. The van der Waals surface area contributed by atoms with E-state index in [1.165, 1.54) is 18.2 Å². The molecule has 0 atom stereocenters. The summed E-state index contributed by atoms with van der Waals surface area (Å²) in [5.74, 6) is 0.0548. The number of hydrogen-bond donors (Lipinski definition) is 2. The Morgan fingerprint density at radius 1 is 0.762 bits per heavy atom. The largest absolute Gasteiger partial charge is 0.508 e. The highest BCUT2D eigenvalue weighted by Gasteiger charge is 2.25. The van der Waals surface area contributed by atoms with Gasteiger partial charge in [0.15, 0.2) is 0 Å². The molecule has 0 amide bonds. The van der Waals surface area contributed by atoms with Crippen LogP contribution in [0.4, 0.5) is 0 Å². The van der Waals surface area contributed by atoms with Gasteiger partial charge in [-0.15, -0.1) is 0 Å². The van der Waals surface area contributed by atoms with Gasteiger partial charge in [0, 0.05) is 5.56 Å². The third kappa shape index (κ3) is 2.38. The molecule has 112 valence electrons. The summed E-state index contributed by atoms with van der Waals surface area (Å²) in [5, 5.41) is 19.6. The molecule has 0 radical (unpaired) electrons.